The van der Waals surface area contributed by atoms with Crippen LogP contribution in [0.3, 0.4) is 0 Å². The molecule has 9 rings (SSSR count). The first kappa shape index (κ1) is 10.9. The number of hydrogen-bond acceptors (Lipinski definition) is 5. The third-order valence-electron chi connectivity index (χ3n) is 8.96. The van der Waals surface area contributed by atoms with E-state index in [-0.39, 0.29) is 29.5 Å². The average molecular weight is 300 g/mol. The Morgan fingerprint density at radius 3 is 2.50 bits per heavy atom. The Balaban J connectivity index is 1.56. The lowest BCUT2D eigenvalue weighted by molar-refractivity contribution is -0.493. The highest BCUT2D eigenvalue weighted by atomic mass is 17.2. The van der Waals surface area contributed by atoms with Gasteiger partial charge in [0.05, 0.1) is 24.0 Å². The number of fused-ring (bicyclic) bond motifs is 3. The number of Topliss-reactive ketones (excluding diaryl/α,β-unsaturated/α-hetero) is 1. The molecule has 6 aliphatic carbocycles. The van der Waals surface area contributed by atoms with Gasteiger partial charge in [-0.05, 0) is 30.1 Å². The van der Waals surface area contributed by atoms with Crippen LogP contribution in [-0.4, -0.2) is 37.0 Å². The third kappa shape index (κ3) is 0.590. The van der Waals surface area contributed by atoms with E-state index in [2.05, 4.69) is 12.2 Å². The molecule has 0 radical (unpaired) electrons. The molecule has 0 aromatic rings. The van der Waals surface area contributed by atoms with Crippen LogP contribution in [-0.2, 0) is 24.0 Å². The average Bonchev–Trinajstić information content (AvgIpc) is 3.22. The molecule has 5 saturated carbocycles. The zero-order chi connectivity index (χ0) is 14.1. The fourth-order valence-electron chi connectivity index (χ4n) is 9.32. The number of carbonyl (C=O) groups excluding carboxylic acids is 1. The van der Waals surface area contributed by atoms with Crippen LogP contribution in [0, 0.1) is 46.3 Å². The number of ether oxygens (including phenoxy) is 2. The summed E-state index contributed by atoms with van der Waals surface area (Å²) in [6, 6.07) is 0. The second-order valence-electron chi connectivity index (χ2n) is 8.55. The fraction of sp³-hybridized carbons (Fsp3) is 0.824. The van der Waals surface area contributed by atoms with Crippen molar-refractivity contribution < 1.29 is 24.0 Å². The minimum Gasteiger partial charge on any atom is -0.346 e. The molecule has 0 aromatic carbocycles. The van der Waals surface area contributed by atoms with E-state index in [9.17, 15) is 4.79 Å². The van der Waals surface area contributed by atoms with Crippen LogP contribution in [0.4, 0.5) is 0 Å². The molecule has 10 atom stereocenters. The van der Waals surface area contributed by atoms with E-state index in [0.717, 1.165) is 0 Å². The number of rotatable bonds is 0. The molecule has 0 aromatic heterocycles. The van der Waals surface area contributed by atoms with Crippen molar-refractivity contribution in [3.8, 4) is 0 Å². The summed E-state index contributed by atoms with van der Waals surface area (Å²) in [4.78, 5) is 24.9. The van der Waals surface area contributed by atoms with E-state index in [4.69, 9.17) is 19.2 Å². The predicted molar refractivity (Wildman–Crippen MR) is 69.0 cm³/mol. The van der Waals surface area contributed by atoms with E-state index >= 15 is 0 Å². The summed E-state index contributed by atoms with van der Waals surface area (Å²) in [5.74, 6) is 2.44. The van der Waals surface area contributed by atoms with Gasteiger partial charge in [-0.1, -0.05) is 12.2 Å². The monoisotopic (exact) mass is 300 g/mol. The van der Waals surface area contributed by atoms with Gasteiger partial charge in [-0.25, -0.2) is 9.78 Å². The van der Waals surface area contributed by atoms with Crippen molar-refractivity contribution in [3.63, 3.8) is 0 Å². The Hall–Kier alpha value is -0.750. The third-order valence-corrected chi connectivity index (χ3v) is 8.96. The van der Waals surface area contributed by atoms with Crippen LogP contribution in [0.1, 0.15) is 6.42 Å². The van der Waals surface area contributed by atoms with Crippen molar-refractivity contribution in [3.05, 3.63) is 12.2 Å². The Labute approximate surface area is 126 Å². The largest absolute Gasteiger partial charge is 0.346 e. The van der Waals surface area contributed by atoms with Crippen molar-refractivity contribution in [1.82, 2.24) is 0 Å². The fourth-order valence-corrected chi connectivity index (χ4v) is 9.32. The van der Waals surface area contributed by atoms with E-state index < -0.39 is 11.2 Å². The molecule has 3 spiro atoms. The Kier molecular flexibility index (Phi) is 1.31. The van der Waals surface area contributed by atoms with Crippen molar-refractivity contribution in [2.75, 3.05) is 13.2 Å². The molecule has 9 aliphatic rings. The van der Waals surface area contributed by atoms with Crippen LogP contribution >= 0.6 is 0 Å². The molecule has 114 valence electrons. The van der Waals surface area contributed by atoms with Gasteiger partial charge in [0.2, 0.25) is 0 Å². The SMILES string of the molecule is O=C1[C@H]2[C@@H]3C[C@@H]4[C@H]2C2(OCCO2)[C@@]25[C@@H]4[C@@H]3[C@@]12[C@H]1C=C[C@@H]5OO1. The summed E-state index contributed by atoms with van der Waals surface area (Å²) in [6.45, 7) is 1.29. The summed E-state index contributed by atoms with van der Waals surface area (Å²) in [5.41, 5.74) is -0.732. The minimum absolute atomic E-state index is 0.149. The zero-order valence-electron chi connectivity index (χ0n) is 11.9. The first-order valence-corrected chi connectivity index (χ1v) is 8.63. The maximum absolute atomic E-state index is 13.5. The van der Waals surface area contributed by atoms with Crippen molar-refractivity contribution in [1.29, 1.82) is 0 Å². The molecule has 4 bridgehead atoms. The summed E-state index contributed by atoms with van der Waals surface area (Å²) >= 11 is 0. The molecule has 0 unspecified atom stereocenters. The highest BCUT2D eigenvalue weighted by molar-refractivity contribution is 5.98. The van der Waals surface area contributed by atoms with Crippen molar-refractivity contribution in [2.24, 2.45) is 46.3 Å². The first-order chi connectivity index (χ1) is 10.8. The maximum atomic E-state index is 13.5. The number of carbonyl (C=O) groups is 1. The first-order valence-electron chi connectivity index (χ1n) is 8.63. The van der Waals surface area contributed by atoms with Gasteiger partial charge in [-0.2, -0.15) is 0 Å². The smallest absolute Gasteiger partial charge is 0.182 e. The molecule has 2 saturated heterocycles. The van der Waals surface area contributed by atoms with Gasteiger partial charge < -0.3 is 9.47 Å². The van der Waals surface area contributed by atoms with Crippen LogP contribution < -0.4 is 0 Å². The van der Waals surface area contributed by atoms with E-state index in [1.807, 2.05) is 0 Å². The zero-order valence-corrected chi connectivity index (χ0v) is 11.9. The molecule has 0 N–H and O–H groups in total. The van der Waals surface area contributed by atoms with Crippen LogP contribution in [0.15, 0.2) is 12.2 Å². The summed E-state index contributed by atoms with van der Waals surface area (Å²) < 4.78 is 12.8. The van der Waals surface area contributed by atoms with Gasteiger partial charge in [-0.15, -0.1) is 0 Å². The standard InChI is InChI=1S/C17H16O5/c18-14-10-6-5-7-11(10)17(19-3-4-20-17)16-9-2-1-8(21-22-9)15(14,16)12(6)13(7)16/h1-2,6-13H,3-5H2/t6-,7+,8+,9-,10-,11+,12+,13-,15-,16-/m0/s1. The van der Waals surface area contributed by atoms with Crippen molar-refractivity contribution >= 4 is 5.78 Å². The molecular formula is C17H16O5. The lowest BCUT2D eigenvalue weighted by atomic mass is 9.33. The van der Waals surface area contributed by atoms with Crippen LogP contribution in [0.2, 0.25) is 0 Å². The van der Waals surface area contributed by atoms with E-state index in [0.29, 0.717) is 42.7 Å². The highest BCUT2D eigenvalue weighted by Gasteiger charge is 3.04. The summed E-state index contributed by atoms with van der Waals surface area (Å²) in [5, 5.41) is 0. The van der Waals surface area contributed by atoms with E-state index in [1.54, 1.807) is 0 Å². The maximum Gasteiger partial charge on any atom is 0.182 e. The van der Waals surface area contributed by atoms with Gasteiger partial charge in [-0.3, -0.25) is 4.79 Å². The van der Waals surface area contributed by atoms with Crippen molar-refractivity contribution in [2.45, 2.75) is 24.4 Å². The molecule has 0 amide bonds. The minimum atomic E-state index is -0.583. The van der Waals surface area contributed by atoms with Gasteiger partial charge in [0.25, 0.3) is 0 Å². The Morgan fingerprint density at radius 2 is 1.73 bits per heavy atom. The molecule has 7 fully saturated rings. The van der Waals surface area contributed by atoms with Gasteiger partial charge in [0, 0.05) is 11.8 Å². The van der Waals surface area contributed by atoms with Crippen LogP contribution in [0.25, 0.3) is 0 Å². The highest BCUT2D eigenvalue weighted by Crippen LogP contribution is 2.96. The lowest BCUT2D eigenvalue weighted by Gasteiger charge is -2.73. The summed E-state index contributed by atoms with van der Waals surface area (Å²) in [6.07, 6.45) is 4.95. The quantitative estimate of drug-likeness (QED) is 0.487. The van der Waals surface area contributed by atoms with Gasteiger partial charge in [0.1, 0.15) is 18.0 Å². The lowest BCUT2D eigenvalue weighted by Crippen LogP contribution is -2.84. The molecule has 5 nitrogen and oxygen atoms in total. The molecular weight excluding hydrogens is 284 g/mol. The van der Waals surface area contributed by atoms with Crippen LogP contribution in [0.5, 0.6) is 0 Å². The van der Waals surface area contributed by atoms with Gasteiger partial charge in [0.15, 0.2) is 5.79 Å². The summed E-state index contributed by atoms with van der Waals surface area (Å²) in [7, 11) is 0. The molecule has 5 heteroatoms. The number of ketones is 1. The second kappa shape index (κ2) is 2.65. The molecule has 22 heavy (non-hydrogen) atoms. The predicted octanol–water partition coefficient (Wildman–Crippen LogP) is 0.695. The Bertz CT molecular complexity index is 710. The molecule has 3 heterocycles. The topological polar surface area (TPSA) is 54.0 Å². The number of hydrogen-bond donors (Lipinski definition) is 0. The molecule has 3 aliphatic heterocycles. The van der Waals surface area contributed by atoms with Gasteiger partial charge >= 0.3 is 0 Å². The Morgan fingerprint density at radius 1 is 0.955 bits per heavy atom. The normalized spacial score (nSPS) is 71.9. The second-order valence-corrected chi connectivity index (χ2v) is 8.55. The van der Waals surface area contributed by atoms with E-state index in [1.165, 1.54) is 6.42 Å².